The molecule has 24 heavy (non-hydrogen) atoms. The zero-order chi connectivity index (χ0) is 17.2. The van der Waals surface area contributed by atoms with E-state index in [1.165, 1.54) is 12.1 Å². The molecule has 1 aromatic rings. The molecular formula is C18H18BrF3O2. The van der Waals surface area contributed by atoms with Gasteiger partial charge in [0, 0.05) is 5.33 Å². The number of ether oxygens (including phenoxy) is 2. The number of benzene rings is 1. The molecule has 1 aliphatic carbocycles. The summed E-state index contributed by atoms with van der Waals surface area (Å²) in [6.45, 7) is 0.0515. The molecule has 0 fully saturated rings. The van der Waals surface area contributed by atoms with Crippen molar-refractivity contribution in [3.05, 3.63) is 35.4 Å². The van der Waals surface area contributed by atoms with Crippen LogP contribution in [0.1, 0.15) is 43.2 Å². The highest BCUT2D eigenvalue weighted by Crippen LogP contribution is 2.48. The van der Waals surface area contributed by atoms with E-state index < -0.39 is 11.7 Å². The minimum absolute atomic E-state index is 0.0515. The molecule has 0 bridgehead atoms. The molecule has 1 heterocycles. The first-order valence-corrected chi connectivity index (χ1v) is 9.12. The van der Waals surface area contributed by atoms with Crippen molar-refractivity contribution in [1.29, 1.82) is 0 Å². The number of alkyl halides is 4. The van der Waals surface area contributed by atoms with Crippen molar-refractivity contribution in [2.24, 2.45) is 0 Å². The third-order valence-electron chi connectivity index (χ3n) is 4.17. The first-order valence-electron chi connectivity index (χ1n) is 8.00. The van der Waals surface area contributed by atoms with Crippen molar-refractivity contribution in [2.75, 3.05) is 12.1 Å². The van der Waals surface area contributed by atoms with Crippen LogP contribution in [0.3, 0.4) is 0 Å². The Morgan fingerprint density at radius 1 is 1.00 bits per heavy atom. The van der Waals surface area contributed by atoms with Gasteiger partial charge in [0.1, 0.15) is 0 Å². The third-order valence-corrected chi connectivity index (χ3v) is 4.73. The van der Waals surface area contributed by atoms with Crippen LogP contribution in [-0.2, 0) is 0 Å². The average Bonchev–Trinajstić information content (AvgIpc) is 3.12. The van der Waals surface area contributed by atoms with Gasteiger partial charge in [0.25, 0.3) is 0 Å². The Kier molecular flexibility index (Phi) is 5.23. The largest absolute Gasteiger partial charge is 0.454 e. The standard InChI is InChI=1S/C18H18BrF3O2/c19-7-5-3-1-2-4-6-12-8-15(18(20,21)22)14-10-17-16(9-13(12)14)23-11-24-17/h6,8-10H,1-5,7,11H2. The van der Waals surface area contributed by atoms with Crippen molar-refractivity contribution < 1.29 is 22.6 Å². The molecule has 0 N–H and O–H groups in total. The second-order valence-corrected chi connectivity index (χ2v) is 6.65. The first kappa shape index (κ1) is 17.4. The van der Waals surface area contributed by atoms with Crippen LogP contribution in [0.2, 0.25) is 0 Å². The van der Waals surface area contributed by atoms with Gasteiger partial charge in [-0.2, -0.15) is 13.2 Å². The Morgan fingerprint density at radius 3 is 2.33 bits per heavy atom. The lowest BCUT2D eigenvalue weighted by molar-refractivity contribution is -0.0687. The highest BCUT2D eigenvalue weighted by molar-refractivity contribution is 9.09. The zero-order valence-corrected chi connectivity index (χ0v) is 14.7. The van der Waals surface area contributed by atoms with Gasteiger partial charge in [-0.25, -0.2) is 0 Å². The normalized spacial score (nSPS) is 17.3. The monoisotopic (exact) mass is 402 g/mol. The van der Waals surface area contributed by atoms with Crippen molar-refractivity contribution >= 4 is 27.1 Å². The van der Waals surface area contributed by atoms with Crippen LogP contribution >= 0.6 is 15.9 Å². The highest BCUT2D eigenvalue weighted by atomic mass is 79.9. The fraction of sp³-hybridized carbons (Fsp3) is 0.444. The summed E-state index contributed by atoms with van der Waals surface area (Å²) in [7, 11) is 0. The van der Waals surface area contributed by atoms with Gasteiger partial charge in [0.15, 0.2) is 11.5 Å². The summed E-state index contributed by atoms with van der Waals surface area (Å²) in [5.41, 5.74) is 0.766. The molecular weight excluding hydrogens is 385 g/mol. The van der Waals surface area contributed by atoms with E-state index in [1.54, 1.807) is 6.07 Å². The number of rotatable bonds is 6. The van der Waals surface area contributed by atoms with E-state index in [1.807, 2.05) is 6.08 Å². The van der Waals surface area contributed by atoms with E-state index in [9.17, 15) is 13.2 Å². The summed E-state index contributed by atoms with van der Waals surface area (Å²) >= 11 is 3.39. The second-order valence-electron chi connectivity index (χ2n) is 5.86. The highest BCUT2D eigenvalue weighted by Gasteiger charge is 2.40. The maximum atomic E-state index is 13.3. The van der Waals surface area contributed by atoms with E-state index in [2.05, 4.69) is 15.9 Å². The lowest BCUT2D eigenvalue weighted by atomic mass is 10.0. The van der Waals surface area contributed by atoms with E-state index >= 15 is 0 Å². The molecule has 0 atom stereocenters. The maximum absolute atomic E-state index is 13.3. The van der Waals surface area contributed by atoms with Crippen molar-refractivity contribution in [1.82, 2.24) is 0 Å². The summed E-state index contributed by atoms with van der Waals surface area (Å²) < 4.78 is 50.5. The second kappa shape index (κ2) is 7.21. The van der Waals surface area contributed by atoms with Gasteiger partial charge in [0.2, 0.25) is 6.79 Å². The van der Waals surface area contributed by atoms with Crippen molar-refractivity contribution in [3.8, 4) is 11.5 Å². The first-order chi connectivity index (χ1) is 11.5. The summed E-state index contributed by atoms with van der Waals surface area (Å²) in [4.78, 5) is 0. The molecule has 0 radical (unpaired) electrons. The van der Waals surface area contributed by atoms with Crippen LogP contribution in [0.5, 0.6) is 11.5 Å². The Morgan fingerprint density at radius 2 is 1.67 bits per heavy atom. The molecule has 1 aromatic carbocycles. The van der Waals surface area contributed by atoms with Crippen LogP contribution in [0.4, 0.5) is 13.2 Å². The average molecular weight is 403 g/mol. The summed E-state index contributed by atoms with van der Waals surface area (Å²) in [6, 6.07) is 3.09. The van der Waals surface area contributed by atoms with Crippen LogP contribution in [0.25, 0.3) is 11.1 Å². The lowest BCUT2D eigenvalue weighted by Gasteiger charge is -2.10. The molecule has 2 aliphatic rings. The van der Waals surface area contributed by atoms with E-state index in [-0.39, 0.29) is 12.4 Å². The minimum atomic E-state index is -4.38. The summed E-state index contributed by atoms with van der Waals surface area (Å²) in [6.07, 6.45) is 3.84. The van der Waals surface area contributed by atoms with E-state index in [0.717, 1.165) is 37.4 Å². The minimum Gasteiger partial charge on any atom is -0.454 e. The number of halogens is 4. The van der Waals surface area contributed by atoms with Gasteiger partial charge in [-0.15, -0.1) is 0 Å². The molecule has 0 amide bonds. The van der Waals surface area contributed by atoms with Gasteiger partial charge < -0.3 is 9.47 Å². The van der Waals surface area contributed by atoms with Gasteiger partial charge in [-0.05, 0) is 54.2 Å². The topological polar surface area (TPSA) is 18.5 Å². The predicted molar refractivity (Wildman–Crippen MR) is 91.5 cm³/mol. The maximum Gasteiger partial charge on any atom is 0.417 e. The Hall–Kier alpha value is -1.43. The molecule has 0 saturated carbocycles. The molecule has 0 aromatic heterocycles. The number of hydrogen-bond donors (Lipinski definition) is 0. The van der Waals surface area contributed by atoms with Crippen molar-refractivity contribution in [3.63, 3.8) is 0 Å². The number of hydrogen-bond acceptors (Lipinski definition) is 2. The Balaban J connectivity index is 1.82. The zero-order valence-electron chi connectivity index (χ0n) is 13.1. The van der Waals surface area contributed by atoms with Crippen molar-refractivity contribution in [2.45, 2.75) is 38.3 Å². The van der Waals surface area contributed by atoms with Gasteiger partial charge in [-0.3, -0.25) is 0 Å². The lowest BCUT2D eigenvalue weighted by Crippen LogP contribution is -2.09. The molecule has 2 nitrogen and oxygen atoms in total. The summed E-state index contributed by atoms with van der Waals surface area (Å²) in [5, 5.41) is 0.992. The van der Waals surface area contributed by atoms with Crippen LogP contribution in [0, 0.1) is 0 Å². The fourth-order valence-electron chi connectivity index (χ4n) is 2.97. The molecule has 0 saturated heterocycles. The SMILES string of the molecule is FC(F)(F)C1=CC(=CCCCCCCBr)c2cc3c(cc21)OCO3. The predicted octanol–water partition coefficient (Wildman–Crippen LogP) is 6.10. The Labute approximate surface area is 147 Å². The summed E-state index contributed by atoms with van der Waals surface area (Å²) in [5.74, 6) is 0.883. The molecule has 130 valence electrons. The van der Waals surface area contributed by atoms with Crippen LogP contribution in [-0.4, -0.2) is 18.3 Å². The molecule has 3 rings (SSSR count). The van der Waals surface area contributed by atoms with Gasteiger partial charge in [-0.1, -0.05) is 34.8 Å². The quantitative estimate of drug-likeness (QED) is 0.422. The van der Waals surface area contributed by atoms with E-state index in [4.69, 9.17) is 9.47 Å². The molecule has 0 unspecified atom stereocenters. The fourth-order valence-corrected chi connectivity index (χ4v) is 3.36. The number of allylic oxidation sites excluding steroid dienone is 4. The number of fused-ring (bicyclic) bond motifs is 2. The van der Waals surface area contributed by atoms with Crippen LogP contribution in [0.15, 0.2) is 24.3 Å². The van der Waals surface area contributed by atoms with Gasteiger partial charge >= 0.3 is 6.18 Å². The third kappa shape index (κ3) is 3.63. The molecule has 6 heteroatoms. The number of unbranched alkanes of at least 4 members (excludes halogenated alkanes) is 4. The van der Waals surface area contributed by atoms with Crippen LogP contribution < -0.4 is 9.47 Å². The molecule has 0 spiro atoms. The van der Waals surface area contributed by atoms with E-state index in [0.29, 0.717) is 22.6 Å². The molecule has 1 aliphatic heterocycles. The van der Waals surface area contributed by atoms with Gasteiger partial charge in [0.05, 0.1) is 5.57 Å². The smallest absolute Gasteiger partial charge is 0.417 e. The Bertz CT molecular complexity index is 678.